The molecule has 0 saturated heterocycles. The number of ether oxygens (including phenoxy) is 1. The van der Waals surface area contributed by atoms with Crippen molar-refractivity contribution in [2.75, 3.05) is 25.5 Å². The molecule has 2 aromatic rings. The lowest BCUT2D eigenvalue weighted by molar-refractivity contribution is -0.133. The predicted octanol–water partition coefficient (Wildman–Crippen LogP) is 3.20. The number of hydrogen-bond donors (Lipinski definition) is 1. The van der Waals surface area contributed by atoms with Gasteiger partial charge in [0.2, 0.25) is 11.8 Å². The molecule has 0 bridgehead atoms. The third-order valence-electron chi connectivity index (χ3n) is 4.33. The van der Waals surface area contributed by atoms with Crippen LogP contribution in [0.4, 0.5) is 5.69 Å². The molecule has 0 aromatic heterocycles. The standard InChI is InChI=1S/C20H22N2O3S/c1-3-22(13-19(23)21-15-9-5-6-10-16(15)25-2)20(24)18-12-14-8-4-7-11-17(14)26-18/h4-11,18H,3,12-13H2,1-2H3,(H,21,23)/t18-/m0/s1. The molecule has 0 aliphatic carbocycles. The molecule has 1 N–H and O–H groups in total. The summed E-state index contributed by atoms with van der Waals surface area (Å²) in [5.74, 6) is 0.367. The van der Waals surface area contributed by atoms with Gasteiger partial charge >= 0.3 is 0 Å². The van der Waals surface area contributed by atoms with Crippen molar-refractivity contribution in [3.63, 3.8) is 0 Å². The van der Waals surface area contributed by atoms with E-state index < -0.39 is 0 Å². The van der Waals surface area contributed by atoms with Crippen LogP contribution in [-0.2, 0) is 16.0 Å². The van der Waals surface area contributed by atoms with Crippen molar-refractivity contribution in [3.05, 3.63) is 54.1 Å². The molecule has 136 valence electrons. The molecule has 2 amide bonds. The van der Waals surface area contributed by atoms with E-state index >= 15 is 0 Å². The second-order valence-electron chi connectivity index (χ2n) is 6.02. The molecule has 1 aliphatic heterocycles. The first-order valence-corrected chi connectivity index (χ1v) is 9.46. The first-order valence-electron chi connectivity index (χ1n) is 8.58. The van der Waals surface area contributed by atoms with E-state index in [0.29, 0.717) is 24.4 Å². The number of hydrogen-bond acceptors (Lipinski definition) is 4. The topological polar surface area (TPSA) is 58.6 Å². The molecule has 0 fully saturated rings. The highest BCUT2D eigenvalue weighted by atomic mass is 32.2. The highest BCUT2D eigenvalue weighted by Crippen LogP contribution is 2.37. The zero-order valence-corrected chi connectivity index (χ0v) is 15.7. The van der Waals surface area contributed by atoms with Gasteiger partial charge in [0.25, 0.3) is 0 Å². The van der Waals surface area contributed by atoms with Gasteiger partial charge in [-0.1, -0.05) is 30.3 Å². The summed E-state index contributed by atoms with van der Waals surface area (Å²) in [6.45, 7) is 2.41. The van der Waals surface area contributed by atoms with Crippen LogP contribution in [0.5, 0.6) is 5.75 Å². The third kappa shape index (κ3) is 4.02. The molecule has 1 aliphatic rings. The molecule has 2 aromatic carbocycles. The average molecular weight is 370 g/mol. The monoisotopic (exact) mass is 370 g/mol. The number of nitrogens with zero attached hydrogens (tertiary/aromatic N) is 1. The number of carbonyl (C=O) groups is 2. The largest absolute Gasteiger partial charge is 0.495 e. The van der Waals surface area contributed by atoms with Crippen molar-refractivity contribution in [2.45, 2.75) is 23.5 Å². The van der Waals surface area contributed by atoms with Crippen LogP contribution in [0.3, 0.4) is 0 Å². The van der Waals surface area contributed by atoms with Crippen LogP contribution in [0.1, 0.15) is 12.5 Å². The predicted molar refractivity (Wildman–Crippen MR) is 104 cm³/mol. The Morgan fingerprint density at radius 2 is 1.92 bits per heavy atom. The van der Waals surface area contributed by atoms with Gasteiger partial charge < -0.3 is 15.0 Å². The maximum Gasteiger partial charge on any atom is 0.244 e. The summed E-state index contributed by atoms with van der Waals surface area (Å²) in [5, 5.41) is 2.66. The summed E-state index contributed by atoms with van der Waals surface area (Å²) in [6.07, 6.45) is 0.713. The van der Waals surface area contributed by atoms with E-state index in [-0.39, 0.29) is 23.6 Å². The first-order chi connectivity index (χ1) is 12.6. The van der Waals surface area contributed by atoms with Gasteiger partial charge in [0.05, 0.1) is 24.6 Å². The van der Waals surface area contributed by atoms with Crippen LogP contribution in [0.15, 0.2) is 53.4 Å². The Bertz CT molecular complexity index is 784. The summed E-state index contributed by atoms with van der Waals surface area (Å²) in [6, 6.07) is 15.3. The van der Waals surface area contributed by atoms with E-state index in [2.05, 4.69) is 11.4 Å². The molecular formula is C20H22N2O3S. The molecule has 26 heavy (non-hydrogen) atoms. The number of rotatable bonds is 6. The number of thioether (sulfide) groups is 1. The Morgan fingerprint density at radius 1 is 1.19 bits per heavy atom. The lowest BCUT2D eigenvalue weighted by Gasteiger charge is -2.23. The highest BCUT2D eigenvalue weighted by molar-refractivity contribution is 8.01. The SMILES string of the molecule is CCN(CC(=O)Nc1ccccc1OC)C(=O)[C@@H]1Cc2ccccc2S1. The number of methoxy groups -OCH3 is 1. The van der Waals surface area contributed by atoms with Crippen molar-refractivity contribution >= 4 is 29.3 Å². The summed E-state index contributed by atoms with van der Waals surface area (Å²) < 4.78 is 5.24. The lowest BCUT2D eigenvalue weighted by Crippen LogP contribution is -2.42. The maximum absolute atomic E-state index is 12.9. The van der Waals surface area contributed by atoms with E-state index in [4.69, 9.17) is 4.74 Å². The van der Waals surface area contributed by atoms with Gasteiger partial charge in [0.1, 0.15) is 5.75 Å². The smallest absolute Gasteiger partial charge is 0.244 e. The molecule has 1 heterocycles. The molecule has 5 nitrogen and oxygen atoms in total. The fraction of sp³-hybridized carbons (Fsp3) is 0.300. The quantitative estimate of drug-likeness (QED) is 0.848. The minimum absolute atomic E-state index is 0.00359. The minimum atomic E-state index is -0.231. The summed E-state index contributed by atoms with van der Waals surface area (Å²) >= 11 is 1.58. The zero-order valence-electron chi connectivity index (χ0n) is 14.9. The molecule has 0 unspecified atom stereocenters. The Hall–Kier alpha value is -2.47. The van der Waals surface area contributed by atoms with Crippen LogP contribution in [0, 0.1) is 0 Å². The third-order valence-corrected chi connectivity index (χ3v) is 5.64. The molecule has 0 radical (unpaired) electrons. The van der Waals surface area contributed by atoms with E-state index in [1.54, 1.807) is 35.9 Å². The number of para-hydroxylation sites is 2. The van der Waals surface area contributed by atoms with Crippen LogP contribution in [0.25, 0.3) is 0 Å². The van der Waals surface area contributed by atoms with Gasteiger partial charge in [0.15, 0.2) is 0 Å². The lowest BCUT2D eigenvalue weighted by atomic mass is 10.1. The van der Waals surface area contributed by atoms with E-state index in [1.807, 2.05) is 37.3 Å². The maximum atomic E-state index is 12.9. The molecular weight excluding hydrogens is 348 g/mol. The average Bonchev–Trinajstić information content (AvgIpc) is 3.10. The fourth-order valence-electron chi connectivity index (χ4n) is 2.98. The molecule has 0 spiro atoms. The number of amides is 2. The molecule has 1 atom stereocenters. The fourth-order valence-corrected chi connectivity index (χ4v) is 4.26. The number of fused-ring (bicyclic) bond motifs is 1. The van der Waals surface area contributed by atoms with E-state index in [9.17, 15) is 9.59 Å². The van der Waals surface area contributed by atoms with Crippen LogP contribution < -0.4 is 10.1 Å². The minimum Gasteiger partial charge on any atom is -0.495 e. The number of carbonyl (C=O) groups excluding carboxylic acids is 2. The molecule has 3 rings (SSSR count). The van der Waals surface area contributed by atoms with Gasteiger partial charge in [-0.2, -0.15) is 0 Å². The Kier molecular flexibility index (Phi) is 5.83. The van der Waals surface area contributed by atoms with Crippen molar-refractivity contribution in [1.82, 2.24) is 4.90 Å². The number of nitrogens with one attached hydrogen (secondary N) is 1. The Balaban J connectivity index is 1.62. The summed E-state index contributed by atoms with van der Waals surface area (Å²) in [5.41, 5.74) is 1.80. The molecule has 6 heteroatoms. The van der Waals surface area contributed by atoms with Crippen molar-refractivity contribution in [3.8, 4) is 5.75 Å². The Labute approximate surface area is 157 Å². The Morgan fingerprint density at radius 3 is 2.65 bits per heavy atom. The second kappa shape index (κ2) is 8.27. The van der Waals surface area contributed by atoms with Crippen LogP contribution in [-0.4, -0.2) is 42.2 Å². The van der Waals surface area contributed by atoms with Crippen LogP contribution in [0.2, 0.25) is 0 Å². The first kappa shape index (κ1) is 18.3. The summed E-state index contributed by atoms with van der Waals surface area (Å²) in [4.78, 5) is 28.0. The van der Waals surface area contributed by atoms with Gasteiger partial charge in [-0.25, -0.2) is 0 Å². The highest BCUT2D eigenvalue weighted by Gasteiger charge is 2.31. The van der Waals surface area contributed by atoms with Gasteiger partial charge in [0, 0.05) is 11.4 Å². The summed E-state index contributed by atoms with van der Waals surface area (Å²) in [7, 11) is 1.56. The van der Waals surface area contributed by atoms with Crippen LogP contribution >= 0.6 is 11.8 Å². The van der Waals surface area contributed by atoms with E-state index in [1.165, 1.54) is 5.56 Å². The number of likely N-dealkylation sites (N-methyl/N-ethyl adjacent to an activating group) is 1. The van der Waals surface area contributed by atoms with Crippen molar-refractivity contribution in [2.24, 2.45) is 0 Å². The second-order valence-corrected chi connectivity index (χ2v) is 7.26. The van der Waals surface area contributed by atoms with Gasteiger partial charge in [-0.15, -0.1) is 11.8 Å². The van der Waals surface area contributed by atoms with Crippen molar-refractivity contribution < 1.29 is 14.3 Å². The number of benzene rings is 2. The van der Waals surface area contributed by atoms with Gasteiger partial charge in [-0.05, 0) is 37.1 Å². The zero-order chi connectivity index (χ0) is 18.5. The normalized spacial score (nSPS) is 15.2. The van der Waals surface area contributed by atoms with E-state index in [0.717, 1.165) is 4.90 Å². The number of anilines is 1. The molecule has 0 saturated carbocycles. The van der Waals surface area contributed by atoms with Crippen molar-refractivity contribution in [1.29, 1.82) is 0 Å². The van der Waals surface area contributed by atoms with Gasteiger partial charge in [-0.3, -0.25) is 9.59 Å².